The number of carboxylic acid groups (broad SMARTS) is 1. The Morgan fingerprint density at radius 3 is 2.38 bits per heavy atom. The molecule has 1 heterocycles. The zero-order valence-electron chi connectivity index (χ0n) is 27.3. The number of aromatic nitrogens is 2. The smallest absolute Gasteiger partial charge is 0.335 e. The van der Waals surface area contributed by atoms with Gasteiger partial charge in [0.1, 0.15) is 0 Å². The molecule has 1 aromatic heterocycles. The second-order valence-corrected chi connectivity index (χ2v) is 15.2. The summed E-state index contributed by atoms with van der Waals surface area (Å²) in [5, 5.41) is 13.4. The van der Waals surface area contributed by atoms with Gasteiger partial charge >= 0.3 is 11.9 Å². The predicted octanol–water partition coefficient (Wildman–Crippen LogP) is 7.64. The molecule has 3 N–H and O–H groups in total. The Balaban J connectivity index is 1.31. The molecule has 2 aliphatic rings. The topological polar surface area (TPSA) is 113 Å². The highest BCUT2D eigenvalue weighted by molar-refractivity contribution is 8.00. The molecular formula is C36H46N4O4S. The average Bonchev–Trinajstić information content (AvgIpc) is 2.94. The fourth-order valence-electron chi connectivity index (χ4n) is 7.21. The number of ether oxygens (including phenoxy) is 1. The number of hydrogen-bond acceptors (Lipinski definition) is 8. The maximum atomic E-state index is 11.9. The lowest BCUT2D eigenvalue weighted by atomic mass is 9.50. The van der Waals surface area contributed by atoms with Crippen LogP contribution in [0, 0.1) is 30.6 Å². The Kier molecular flexibility index (Phi) is 9.89. The zero-order chi connectivity index (χ0) is 32.4. The number of benzene rings is 2. The van der Waals surface area contributed by atoms with Gasteiger partial charge in [-0.3, -0.25) is 9.52 Å². The maximum absolute atomic E-state index is 11.9. The predicted molar refractivity (Wildman–Crippen MR) is 179 cm³/mol. The molecule has 0 radical (unpaired) electrons. The van der Waals surface area contributed by atoms with Gasteiger partial charge in [-0.1, -0.05) is 45.0 Å². The molecule has 1 spiro atoms. The summed E-state index contributed by atoms with van der Waals surface area (Å²) in [5.41, 5.74) is 6.00. The number of nitrogens with one attached hydrogen (secondary N) is 2. The van der Waals surface area contributed by atoms with E-state index in [2.05, 4.69) is 68.9 Å². The van der Waals surface area contributed by atoms with E-state index in [1.165, 1.54) is 19.1 Å². The van der Waals surface area contributed by atoms with E-state index in [9.17, 15) is 14.7 Å². The Labute approximate surface area is 271 Å². The van der Waals surface area contributed by atoms with Gasteiger partial charge in [0.25, 0.3) is 0 Å². The number of anilines is 1. The van der Waals surface area contributed by atoms with Crippen LogP contribution in [0.25, 0.3) is 11.3 Å². The van der Waals surface area contributed by atoms with Crippen LogP contribution in [0.15, 0.2) is 53.4 Å². The molecule has 240 valence electrons. The van der Waals surface area contributed by atoms with E-state index in [1.807, 2.05) is 6.07 Å². The number of esters is 1. The number of carbonyl (C=O) groups is 2. The van der Waals surface area contributed by atoms with E-state index in [4.69, 9.17) is 14.7 Å². The third-order valence-corrected chi connectivity index (χ3v) is 9.96. The molecule has 8 nitrogen and oxygen atoms in total. The summed E-state index contributed by atoms with van der Waals surface area (Å²) >= 11 is 1.31. The summed E-state index contributed by atoms with van der Waals surface area (Å²) in [7, 11) is 1.48. The fourth-order valence-corrected chi connectivity index (χ4v) is 7.84. The number of aromatic carboxylic acids is 1. The molecule has 2 aliphatic carbocycles. The van der Waals surface area contributed by atoms with Gasteiger partial charge in [-0.05, 0) is 117 Å². The van der Waals surface area contributed by atoms with E-state index in [1.54, 1.807) is 18.2 Å². The molecule has 0 saturated heterocycles. The van der Waals surface area contributed by atoms with E-state index in [0.717, 1.165) is 77.9 Å². The van der Waals surface area contributed by atoms with E-state index in [-0.39, 0.29) is 22.9 Å². The van der Waals surface area contributed by atoms with Crippen LogP contribution in [0.4, 0.5) is 5.95 Å². The van der Waals surface area contributed by atoms with Crippen LogP contribution in [0.5, 0.6) is 0 Å². The summed E-state index contributed by atoms with van der Waals surface area (Å²) in [6.07, 6.45) is 6.96. The minimum Gasteiger partial charge on any atom is -0.478 e. The molecule has 5 rings (SSSR count). The van der Waals surface area contributed by atoms with Gasteiger partial charge in [0.15, 0.2) is 0 Å². The van der Waals surface area contributed by atoms with Crippen molar-refractivity contribution in [3.05, 3.63) is 70.9 Å². The molecule has 9 heteroatoms. The quantitative estimate of drug-likeness (QED) is 0.137. The molecular weight excluding hydrogens is 584 g/mol. The van der Waals surface area contributed by atoms with Crippen LogP contribution >= 0.6 is 11.9 Å². The van der Waals surface area contributed by atoms with E-state index < -0.39 is 5.97 Å². The first kappa shape index (κ1) is 32.9. The van der Waals surface area contributed by atoms with Gasteiger partial charge in [0.2, 0.25) is 5.95 Å². The molecule has 0 aliphatic heterocycles. The number of aryl methyl sites for hydroxylation is 3. The summed E-state index contributed by atoms with van der Waals surface area (Å²) < 4.78 is 8.24. The highest BCUT2D eigenvalue weighted by Gasteiger charge is 2.55. The average molecular weight is 631 g/mol. The Morgan fingerprint density at radius 1 is 1.04 bits per heavy atom. The van der Waals surface area contributed by atoms with Crippen molar-refractivity contribution in [1.82, 2.24) is 15.3 Å². The molecule has 2 fully saturated rings. The molecule has 0 bridgehead atoms. The second-order valence-electron chi connectivity index (χ2n) is 14.3. The van der Waals surface area contributed by atoms with Crippen molar-refractivity contribution < 1.29 is 19.4 Å². The Bertz CT molecular complexity index is 1520. The normalized spacial score (nSPS) is 21.5. The highest BCUT2D eigenvalue weighted by atomic mass is 32.2. The Morgan fingerprint density at radius 2 is 1.73 bits per heavy atom. The zero-order valence-corrected chi connectivity index (χ0v) is 28.1. The summed E-state index contributed by atoms with van der Waals surface area (Å²) in [6.45, 7) is 11.1. The third-order valence-electron chi connectivity index (χ3n) is 9.19. The monoisotopic (exact) mass is 630 g/mol. The van der Waals surface area contributed by atoms with Crippen molar-refractivity contribution >= 4 is 29.8 Å². The standard InChI is InChI=1S/C36H46N4O4S/c1-22-9-7-10-23(2)31(22)30-16-26(38-34(39-30)40-45-29-12-8-11-24(15-29)32(41)42)13-14-27(19-35(3,4)5)37-28-20-36(21-28)17-25(18-36)33(43)44-6/h7-12,15-16,25,27-28,37H,13-14,17-21H2,1-6H3,(H,41,42)(H,38,39,40). The van der Waals surface area contributed by atoms with Gasteiger partial charge in [0.05, 0.1) is 24.3 Å². The maximum Gasteiger partial charge on any atom is 0.335 e. The van der Waals surface area contributed by atoms with Crippen molar-refractivity contribution in [2.75, 3.05) is 11.8 Å². The number of carbonyl (C=O) groups excluding carboxylic acids is 1. The first-order valence-electron chi connectivity index (χ1n) is 15.9. The second kappa shape index (κ2) is 13.5. The molecule has 45 heavy (non-hydrogen) atoms. The fraction of sp³-hybridized carbons (Fsp3) is 0.500. The van der Waals surface area contributed by atoms with E-state index in [0.29, 0.717) is 23.4 Å². The summed E-state index contributed by atoms with van der Waals surface area (Å²) in [6, 6.07) is 16.0. The molecule has 1 unspecified atom stereocenters. The van der Waals surface area contributed by atoms with Crippen molar-refractivity contribution in [3.8, 4) is 11.3 Å². The van der Waals surface area contributed by atoms with Crippen LogP contribution in [0.2, 0.25) is 0 Å². The van der Waals surface area contributed by atoms with Gasteiger partial charge < -0.3 is 15.2 Å². The Hall–Kier alpha value is -3.43. The first-order valence-corrected chi connectivity index (χ1v) is 16.7. The first-order chi connectivity index (χ1) is 21.3. The van der Waals surface area contributed by atoms with Crippen molar-refractivity contribution in [2.45, 2.75) is 96.5 Å². The van der Waals surface area contributed by atoms with Gasteiger partial charge in [-0.2, -0.15) is 0 Å². The lowest BCUT2D eigenvalue weighted by molar-refractivity contribution is -0.159. The number of hydrogen-bond donors (Lipinski definition) is 3. The minimum absolute atomic E-state index is 0.0613. The number of methoxy groups -OCH3 is 1. The molecule has 1 atom stereocenters. The number of nitrogens with zero attached hydrogens (tertiary/aromatic N) is 2. The minimum atomic E-state index is -0.957. The van der Waals surface area contributed by atoms with Gasteiger partial charge in [-0.15, -0.1) is 0 Å². The molecule has 3 aromatic rings. The van der Waals surface area contributed by atoms with Crippen molar-refractivity contribution in [3.63, 3.8) is 0 Å². The van der Waals surface area contributed by atoms with Crippen LogP contribution < -0.4 is 10.0 Å². The summed E-state index contributed by atoms with van der Waals surface area (Å²) in [4.78, 5) is 34.0. The largest absolute Gasteiger partial charge is 0.478 e. The van der Waals surface area contributed by atoms with Crippen molar-refractivity contribution in [1.29, 1.82) is 0 Å². The van der Waals surface area contributed by atoms with E-state index >= 15 is 0 Å². The number of rotatable bonds is 12. The number of carboxylic acids is 1. The SMILES string of the molecule is COC(=O)C1CC2(CC(NC(CCc3cc(-c4c(C)cccc4C)nc(NSc4cccc(C(=O)O)c4)n3)CC(C)(C)C)C2)C1. The van der Waals surface area contributed by atoms with Crippen molar-refractivity contribution in [2.24, 2.45) is 16.7 Å². The lowest BCUT2D eigenvalue weighted by Crippen LogP contribution is -2.58. The summed E-state index contributed by atoms with van der Waals surface area (Å²) in [5.74, 6) is -0.440. The molecule has 2 aromatic carbocycles. The highest BCUT2D eigenvalue weighted by Crippen LogP contribution is 2.59. The van der Waals surface area contributed by atoms with Gasteiger partial charge in [0, 0.05) is 28.2 Å². The van der Waals surface area contributed by atoms with Crippen LogP contribution in [0.1, 0.15) is 86.5 Å². The molecule has 2 saturated carbocycles. The molecule has 0 amide bonds. The van der Waals surface area contributed by atoms with Crippen LogP contribution in [0.3, 0.4) is 0 Å². The van der Waals surface area contributed by atoms with Gasteiger partial charge in [-0.25, -0.2) is 14.8 Å². The third kappa shape index (κ3) is 8.24. The van der Waals surface area contributed by atoms with Crippen LogP contribution in [-0.2, 0) is 16.0 Å². The van der Waals surface area contributed by atoms with Crippen LogP contribution in [-0.4, -0.2) is 46.2 Å². The lowest BCUT2D eigenvalue weighted by Gasteiger charge is -2.57.